The molecular formula is C18H21N5O3. The first-order chi connectivity index (χ1) is 12.8. The molecule has 2 aliphatic heterocycles. The summed E-state index contributed by atoms with van der Waals surface area (Å²) in [6.45, 7) is 3.81. The van der Waals surface area contributed by atoms with Crippen LogP contribution in [0, 0.1) is 0 Å². The second kappa shape index (κ2) is 7.35. The fourth-order valence-corrected chi connectivity index (χ4v) is 3.48. The zero-order valence-electron chi connectivity index (χ0n) is 14.4. The zero-order chi connectivity index (χ0) is 17.9. The van der Waals surface area contributed by atoms with Crippen molar-refractivity contribution in [3.63, 3.8) is 0 Å². The molecule has 26 heavy (non-hydrogen) atoms. The number of amides is 2. The van der Waals surface area contributed by atoms with Crippen molar-refractivity contribution >= 4 is 22.8 Å². The van der Waals surface area contributed by atoms with Crippen LogP contribution in [-0.4, -0.2) is 83.6 Å². The smallest absolute Gasteiger partial charge is 0.256 e. The number of hydrogen-bond acceptors (Lipinski definition) is 6. The molecule has 8 nitrogen and oxygen atoms in total. The summed E-state index contributed by atoms with van der Waals surface area (Å²) in [7, 11) is 0. The Balaban J connectivity index is 1.63. The van der Waals surface area contributed by atoms with Gasteiger partial charge in [-0.3, -0.25) is 19.6 Å². The SMILES string of the molecule is O=C([C@@H]1CNCCN1C(=O)c1cccc2nccnc12)N1CCOCC1. The molecule has 136 valence electrons. The van der Waals surface area contributed by atoms with E-state index in [-0.39, 0.29) is 11.8 Å². The lowest BCUT2D eigenvalue weighted by atomic mass is 10.1. The molecule has 2 amide bonds. The third-order valence-electron chi connectivity index (χ3n) is 4.84. The summed E-state index contributed by atoms with van der Waals surface area (Å²) < 4.78 is 5.32. The van der Waals surface area contributed by atoms with E-state index in [2.05, 4.69) is 15.3 Å². The molecule has 2 saturated heterocycles. The summed E-state index contributed by atoms with van der Waals surface area (Å²) in [4.78, 5) is 38.2. The van der Waals surface area contributed by atoms with E-state index in [1.54, 1.807) is 34.3 Å². The van der Waals surface area contributed by atoms with Crippen molar-refractivity contribution in [3.8, 4) is 0 Å². The van der Waals surface area contributed by atoms with Gasteiger partial charge < -0.3 is 19.9 Å². The van der Waals surface area contributed by atoms with E-state index >= 15 is 0 Å². The number of piperazine rings is 1. The second-order valence-corrected chi connectivity index (χ2v) is 6.39. The van der Waals surface area contributed by atoms with Gasteiger partial charge in [-0.05, 0) is 12.1 Å². The van der Waals surface area contributed by atoms with E-state index in [1.165, 1.54) is 0 Å². The Morgan fingerprint density at radius 1 is 1.12 bits per heavy atom. The van der Waals surface area contributed by atoms with Crippen LogP contribution in [0.3, 0.4) is 0 Å². The molecule has 0 unspecified atom stereocenters. The largest absolute Gasteiger partial charge is 0.378 e. The van der Waals surface area contributed by atoms with E-state index in [4.69, 9.17) is 4.74 Å². The standard InChI is InChI=1S/C18H21N5O3/c24-17(13-2-1-3-14-16(13)21-5-4-20-14)23-7-6-19-12-15(23)18(25)22-8-10-26-11-9-22/h1-5,15,19H,6-12H2/t15-/m0/s1. The van der Waals surface area contributed by atoms with Crippen LogP contribution in [0.2, 0.25) is 0 Å². The molecule has 1 N–H and O–H groups in total. The maximum absolute atomic E-state index is 13.2. The Morgan fingerprint density at radius 2 is 1.92 bits per heavy atom. The van der Waals surface area contributed by atoms with E-state index in [9.17, 15) is 9.59 Å². The van der Waals surface area contributed by atoms with Crippen LogP contribution in [0.4, 0.5) is 0 Å². The summed E-state index contributed by atoms with van der Waals surface area (Å²) >= 11 is 0. The summed E-state index contributed by atoms with van der Waals surface area (Å²) in [5, 5.41) is 3.23. The van der Waals surface area contributed by atoms with Crippen molar-refractivity contribution in [2.24, 2.45) is 0 Å². The molecule has 8 heteroatoms. The lowest BCUT2D eigenvalue weighted by molar-refractivity contribution is -0.140. The highest BCUT2D eigenvalue weighted by Gasteiger charge is 2.36. The molecule has 0 saturated carbocycles. The molecule has 0 radical (unpaired) electrons. The minimum absolute atomic E-state index is 0.0276. The average molecular weight is 355 g/mol. The van der Waals surface area contributed by atoms with Crippen molar-refractivity contribution in [2.45, 2.75) is 6.04 Å². The number of carbonyl (C=O) groups excluding carboxylic acids is 2. The van der Waals surface area contributed by atoms with E-state index in [0.29, 0.717) is 62.5 Å². The van der Waals surface area contributed by atoms with Gasteiger partial charge in [-0.25, -0.2) is 0 Å². The van der Waals surface area contributed by atoms with Gasteiger partial charge in [0.2, 0.25) is 5.91 Å². The van der Waals surface area contributed by atoms with Crippen LogP contribution in [0.15, 0.2) is 30.6 Å². The molecule has 1 aromatic carbocycles. The van der Waals surface area contributed by atoms with Gasteiger partial charge in [0.05, 0.1) is 24.3 Å². The topological polar surface area (TPSA) is 87.7 Å². The Kier molecular flexibility index (Phi) is 4.77. The van der Waals surface area contributed by atoms with Gasteiger partial charge >= 0.3 is 0 Å². The molecule has 2 aliphatic rings. The number of fused-ring (bicyclic) bond motifs is 1. The number of carbonyl (C=O) groups is 2. The molecule has 2 fully saturated rings. The molecule has 1 atom stereocenters. The Hall–Kier alpha value is -2.58. The third kappa shape index (κ3) is 3.13. The van der Waals surface area contributed by atoms with Gasteiger partial charge in [0.25, 0.3) is 5.91 Å². The minimum Gasteiger partial charge on any atom is -0.378 e. The summed E-state index contributed by atoms with van der Waals surface area (Å²) in [6.07, 6.45) is 3.18. The van der Waals surface area contributed by atoms with Crippen molar-refractivity contribution in [1.29, 1.82) is 0 Å². The van der Waals surface area contributed by atoms with Gasteiger partial charge in [-0.2, -0.15) is 0 Å². The van der Waals surface area contributed by atoms with Crippen LogP contribution >= 0.6 is 0 Å². The third-order valence-corrected chi connectivity index (χ3v) is 4.84. The number of benzene rings is 1. The first-order valence-corrected chi connectivity index (χ1v) is 8.83. The summed E-state index contributed by atoms with van der Waals surface area (Å²) in [6, 6.07) is 4.86. The van der Waals surface area contributed by atoms with Crippen molar-refractivity contribution in [3.05, 3.63) is 36.2 Å². The Bertz CT molecular complexity index is 816. The highest BCUT2D eigenvalue weighted by Crippen LogP contribution is 2.19. The number of morpholine rings is 1. The average Bonchev–Trinajstić information content (AvgIpc) is 2.73. The van der Waals surface area contributed by atoms with Gasteiger partial charge in [0.1, 0.15) is 11.6 Å². The van der Waals surface area contributed by atoms with Crippen molar-refractivity contribution < 1.29 is 14.3 Å². The molecule has 0 aliphatic carbocycles. The predicted molar refractivity (Wildman–Crippen MR) is 94.6 cm³/mol. The van der Waals surface area contributed by atoms with E-state index in [0.717, 1.165) is 0 Å². The molecule has 3 heterocycles. The van der Waals surface area contributed by atoms with Crippen molar-refractivity contribution in [1.82, 2.24) is 25.1 Å². The summed E-state index contributed by atoms with van der Waals surface area (Å²) in [5.41, 5.74) is 1.72. The van der Waals surface area contributed by atoms with Gasteiger partial charge in [0, 0.05) is 45.1 Å². The van der Waals surface area contributed by atoms with Gasteiger partial charge in [-0.1, -0.05) is 6.07 Å². The summed E-state index contributed by atoms with van der Waals surface area (Å²) in [5.74, 6) is -0.204. The Morgan fingerprint density at radius 3 is 2.77 bits per heavy atom. The van der Waals surface area contributed by atoms with E-state index < -0.39 is 6.04 Å². The minimum atomic E-state index is -0.513. The number of para-hydroxylation sites is 1. The van der Waals surface area contributed by atoms with Crippen LogP contribution in [0.25, 0.3) is 11.0 Å². The second-order valence-electron chi connectivity index (χ2n) is 6.39. The fourth-order valence-electron chi connectivity index (χ4n) is 3.48. The monoisotopic (exact) mass is 355 g/mol. The number of ether oxygens (including phenoxy) is 1. The van der Waals surface area contributed by atoms with Crippen molar-refractivity contribution in [2.75, 3.05) is 45.9 Å². The molecule has 1 aromatic heterocycles. The van der Waals surface area contributed by atoms with Crippen LogP contribution < -0.4 is 5.32 Å². The molecule has 0 spiro atoms. The first-order valence-electron chi connectivity index (χ1n) is 8.83. The number of hydrogen-bond donors (Lipinski definition) is 1. The maximum Gasteiger partial charge on any atom is 0.256 e. The lowest BCUT2D eigenvalue weighted by Crippen LogP contribution is -2.61. The van der Waals surface area contributed by atoms with Crippen LogP contribution in [0.1, 0.15) is 10.4 Å². The molecule has 0 bridgehead atoms. The number of aromatic nitrogens is 2. The highest BCUT2D eigenvalue weighted by atomic mass is 16.5. The molecule has 4 rings (SSSR count). The van der Waals surface area contributed by atoms with Crippen LogP contribution in [0.5, 0.6) is 0 Å². The van der Waals surface area contributed by atoms with Gasteiger partial charge in [0.15, 0.2) is 0 Å². The predicted octanol–water partition coefficient (Wildman–Crippen LogP) is -0.0974. The maximum atomic E-state index is 13.2. The van der Waals surface area contributed by atoms with Crippen LogP contribution in [-0.2, 0) is 9.53 Å². The normalized spacial score (nSPS) is 21.0. The zero-order valence-corrected chi connectivity index (χ0v) is 14.4. The van der Waals surface area contributed by atoms with E-state index in [1.807, 2.05) is 6.07 Å². The number of nitrogens with one attached hydrogen (secondary N) is 1. The number of nitrogens with zero attached hydrogens (tertiary/aromatic N) is 4. The first kappa shape index (κ1) is 16.9. The molecule has 2 aromatic rings. The lowest BCUT2D eigenvalue weighted by Gasteiger charge is -2.39. The fraction of sp³-hybridized carbons (Fsp3) is 0.444. The highest BCUT2D eigenvalue weighted by molar-refractivity contribution is 6.06. The quantitative estimate of drug-likeness (QED) is 0.810. The van der Waals surface area contributed by atoms with Gasteiger partial charge in [-0.15, -0.1) is 0 Å². The number of rotatable bonds is 2. The molecular weight excluding hydrogens is 334 g/mol. The Labute approximate surface area is 151 Å².